The molecule has 1 fully saturated rings. The molecule has 0 aromatic heterocycles. The number of hydrogen-bond donors (Lipinski definition) is 2. The number of para-hydroxylation sites is 1. The van der Waals surface area contributed by atoms with Crippen molar-refractivity contribution in [1.82, 2.24) is 4.90 Å². The van der Waals surface area contributed by atoms with Crippen LogP contribution in [0.5, 0.6) is 5.75 Å². The van der Waals surface area contributed by atoms with Gasteiger partial charge >= 0.3 is 6.09 Å². The summed E-state index contributed by atoms with van der Waals surface area (Å²) in [6.45, 7) is 3.30. The monoisotopic (exact) mass is 503 g/mol. The SMILES string of the molecule is COc1ccc(C(=O)c2cccc(N)c2NC(=O)OCCOC2CCN(Cc3ccccc3)CC2)cc1. The van der Waals surface area contributed by atoms with E-state index in [1.165, 1.54) is 5.56 Å². The van der Waals surface area contributed by atoms with Crippen LogP contribution in [-0.2, 0) is 16.0 Å². The predicted octanol–water partition coefficient (Wildman–Crippen LogP) is 4.74. The van der Waals surface area contributed by atoms with Gasteiger partial charge in [-0.15, -0.1) is 0 Å². The molecule has 1 saturated heterocycles. The van der Waals surface area contributed by atoms with Crippen molar-refractivity contribution in [3.8, 4) is 5.75 Å². The fourth-order valence-electron chi connectivity index (χ4n) is 4.36. The van der Waals surface area contributed by atoms with E-state index in [1.54, 1.807) is 49.6 Å². The van der Waals surface area contributed by atoms with Gasteiger partial charge < -0.3 is 19.9 Å². The standard InChI is InChI=1S/C29H33N3O5/c1-35-23-12-10-22(11-13-23)28(33)25-8-5-9-26(30)27(25)31-29(34)37-19-18-36-24-14-16-32(17-15-24)20-21-6-3-2-4-7-21/h2-13,24H,14-20,30H2,1H3,(H,31,34). The lowest BCUT2D eigenvalue weighted by Gasteiger charge is -2.31. The third kappa shape index (κ3) is 7.31. The van der Waals surface area contributed by atoms with Crippen LogP contribution >= 0.6 is 0 Å². The highest BCUT2D eigenvalue weighted by atomic mass is 16.6. The highest BCUT2D eigenvalue weighted by Crippen LogP contribution is 2.27. The van der Waals surface area contributed by atoms with Gasteiger partial charge in [-0.1, -0.05) is 36.4 Å². The number of hydrogen-bond acceptors (Lipinski definition) is 7. The maximum atomic E-state index is 13.0. The number of methoxy groups -OCH3 is 1. The first-order valence-electron chi connectivity index (χ1n) is 12.4. The third-order valence-corrected chi connectivity index (χ3v) is 6.37. The van der Waals surface area contributed by atoms with Gasteiger partial charge in [-0.3, -0.25) is 15.0 Å². The minimum Gasteiger partial charge on any atom is -0.497 e. The number of nitrogens with one attached hydrogen (secondary N) is 1. The number of nitrogens with two attached hydrogens (primary N) is 1. The highest BCUT2D eigenvalue weighted by molar-refractivity contribution is 6.15. The zero-order chi connectivity index (χ0) is 26.0. The molecule has 0 bridgehead atoms. The lowest BCUT2D eigenvalue weighted by atomic mass is 10.0. The van der Waals surface area contributed by atoms with Crippen LogP contribution < -0.4 is 15.8 Å². The predicted molar refractivity (Wildman–Crippen MR) is 143 cm³/mol. The average Bonchev–Trinajstić information content (AvgIpc) is 2.93. The Morgan fingerprint density at radius 1 is 0.946 bits per heavy atom. The number of benzene rings is 3. The Morgan fingerprint density at radius 2 is 1.68 bits per heavy atom. The van der Waals surface area contributed by atoms with E-state index in [0.29, 0.717) is 17.9 Å². The summed E-state index contributed by atoms with van der Waals surface area (Å²) in [5.41, 5.74) is 8.61. The minimum atomic E-state index is -0.692. The summed E-state index contributed by atoms with van der Waals surface area (Å²) in [7, 11) is 1.56. The number of rotatable bonds is 10. The molecule has 1 aliphatic heterocycles. The van der Waals surface area contributed by atoms with E-state index in [4.69, 9.17) is 19.9 Å². The molecule has 0 spiro atoms. The number of likely N-dealkylation sites (tertiary alicyclic amines) is 1. The van der Waals surface area contributed by atoms with E-state index in [-0.39, 0.29) is 35.4 Å². The van der Waals surface area contributed by atoms with Gasteiger partial charge in [0.25, 0.3) is 0 Å². The van der Waals surface area contributed by atoms with Crippen LogP contribution in [0.25, 0.3) is 0 Å². The molecule has 8 nitrogen and oxygen atoms in total. The summed E-state index contributed by atoms with van der Waals surface area (Å²) in [4.78, 5) is 27.9. The number of ether oxygens (including phenoxy) is 3. The maximum absolute atomic E-state index is 13.0. The second-order valence-electron chi connectivity index (χ2n) is 8.92. The fraction of sp³-hybridized carbons (Fsp3) is 0.310. The number of nitrogens with zero attached hydrogens (tertiary/aromatic N) is 1. The van der Waals surface area contributed by atoms with E-state index in [2.05, 4.69) is 34.5 Å². The minimum absolute atomic E-state index is 0.102. The molecule has 1 amide bonds. The van der Waals surface area contributed by atoms with Gasteiger partial charge in [-0.2, -0.15) is 0 Å². The lowest BCUT2D eigenvalue weighted by molar-refractivity contribution is -0.0109. The van der Waals surface area contributed by atoms with Gasteiger partial charge in [-0.05, 0) is 54.8 Å². The van der Waals surface area contributed by atoms with Crippen LogP contribution in [0.1, 0.15) is 34.3 Å². The highest BCUT2D eigenvalue weighted by Gasteiger charge is 2.21. The third-order valence-electron chi connectivity index (χ3n) is 6.37. The summed E-state index contributed by atoms with van der Waals surface area (Å²) in [6, 6.07) is 22.1. The Labute approximate surface area is 217 Å². The van der Waals surface area contributed by atoms with Crippen molar-refractivity contribution in [3.63, 3.8) is 0 Å². The van der Waals surface area contributed by atoms with Crippen LogP contribution in [0.15, 0.2) is 72.8 Å². The van der Waals surface area contributed by atoms with Gasteiger partial charge in [0.05, 0.1) is 31.2 Å². The number of carbonyl (C=O) groups is 2. The molecule has 0 radical (unpaired) electrons. The normalized spacial score (nSPS) is 14.2. The molecule has 37 heavy (non-hydrogen) atoms. The molecular formula is C29H33N3O5. The van der Waals surface area contributed by atoms with Crippen LogP contribution in [0, 0.1) is 0 Å². The first-order valence-corrected chi connectivity index (χ1v) is 12.4. The molecular weight excluding hydrogens is 470 g/mol. The summed E-state index contributed by atoms with van der Waals surface area (Å²) in [6.07, 6.45) is 1.34. The lowest BCUT2D eigenvalue weighted by Crippen LogP contribution is -2.37. The molecule has 0 aliphatic carbocycles. The Balaban J connectivity index is 1.22. The van der Waals surface area contributed by atoms with Gasteiger partial charge in [-0.25, -0.2) is 4.79 Å². The number of ketones is 1. The van der Waals surface area contributed by atoms with E-state index in [9.17, 15) is 9.59 Å². The first kappa shape index (κ1) is 26.2. The van der Waals surface area contributed by atoms with Gasteiger partial charge in [0.15, 0.2) is 5.78 Å². The summed E-state index contributed by atoms with van der Waals surface area (Å²) >= 11 is 0. The second-order valence-corrected chi connectivity index (χ2v) is 8.92. The largest absolute Gasteiger partial charge is 0.497 e. The zero-order valence-electron chi connectivity index (χ0n) is 21.0. The molecule has 4 rings (SSSR count). The van der Waals surface area contributed by atoms with Gasteiger partial charge in [0, 0.05) is 30.8 Å². The molecule has 194 valence electrons. The van der Waals surface area contributed by atoms with Crippen molar-refractivity contribution in [2.75, 3.05) is 44.5 Å². The first-order chi connectivity index (χ1) is 18.0. The van der Waals surface area contributed by atoms with Crippen LogP contribution in [-0.4, -0.2) is 56.3 Å². The van der Waals surface area contributed by atoms with Crippen molar-refractivity contribution in [2.45, 2.75) is 25.5 Å². The molecule has 0 saturated carbocycles. The molecule has 8 heteroatoms. The van der Waals surface area contributed by atoms with E-state index in [0.717, 1.165) is 32.5 Å². The molecule has 1 aliphatic rings. The number of anilines is 2. The van der Waals surface area contributed by atoms with E-state index >= 15 is 0 Å². The van der Waals surface area contributed by atoms with Gasteiger partial charge in [0.1, 0.15) is 12.4 Å². The average molecular weight is 504 g/mol. The Morgan fingerprint density at radius 3 is 2.38 bits per heavy atom. The topological polar surface area (TPSA) is 103 Å². The van der Waals surface area contributed by atoms with E-state index in [1.807, 2.05) is 6.07 Å². The van der Waals surface area contributed by atoms with Crippen LogP contribution in [0.2, 0.25) is 0 Å². The number of amides is 1. The Bertz CT molecular complexity index is 1180. The number of nitrogen functional groups attached to an aromatic ring is 1. The quantitative estimate of drug-likeness (QED) is 0.234. The van der Waals surface area contributed by atoms with Crippen LogP contribution in [0.3, 0.4) is 0 Å². The van der Waals surface area contributed by atoms with Crippen molar-refractivity contribution in [2.24, 2.45) is 0 Å². The molecule has 1 heterocycles. The summed E-state index contributed by atoms with van der Waals surface area (Å²) < 4.78 is 16.4. The van der Waals surface area contributed by atoms with Crippen molar-refractivity contribution < 1.29 is 23.8 Å². The Kier molecular flexibility index (Phi) is 9.13. The van der Waals surface area contributed by atoms with E-state index < -0.39 is 6.09 Å². The fourth-order valence-corrected chi connectivity index (χ4v) is 4.36. The van der Waals surface area contributed by atoms with Crippen molar-refractivity contribution >= 4 is 23.3 Å². The number of piperidine rings is 1. The molecule has 3 aromatic rings. The van der Waals surface area contributed by atoms with Crippen molar-refractivity contribution in [1.29, 1.82) is 0 Å². The molecule has 0 unspecified atom stereocenters. The maximum Gasteiger partial charge on any atom is 0.411 e. The molecule has 3 aromatic carbocycles. The van der Waals surface area contributed by atoms with Crippen molar-refractivity contribution in [3.05, 3.63) is 89.5 Å². The molecule has 3 N–H and O–H groups in total. The Hall–Kier alpha value is -3.88. The molecule has 0 atom stereocenters. The van der Waals surface area contributed by atoms with Crippen LogP contribution in [0.4, 0.5) is 16.2 Å². The summed E-state index contributed by atoms with van der Waals surface area (Å²) in [5, 5.41) is 2.63. The second kappa shape index (κ2) is 12.9. The van der Waals surface area contributed by atoms with Gasteiger partial charge in [0.2, 0.25) is 0 Å². The smallest absolute Gasteiger partial charge is 0.411 e. The summed E-state index contributed by atoms with van der Waals surface area (Å²) in [5.74, 6) is 0.373. The zero-order valence-corrected chi connectivity index (χ0v) is 21.0. The number of carbonyl (C=O) groups excluding carboxylic acids is 2.